The molecule has 1 aromatic heterocycles. The fraction of sp³-hybridized carbons (Fsp3) is 0.333. The van der Waals surface area contributed by atoms with E-state index in [0.717, 1.165) is 11.3 Å². The smallest absolute Gasteiger partial charge is 0.341 e. The van der Waals surface area contributed by atoms with Gasteiger partial charge in [0.05, 0.1) is 25.7 Å². The van der Waals surface area contributed by atoms with E-state index < -0.39 is 5.97 Å². The summed E-state index contributed by atoms with van der Waals surface area (Å²) >= 11 is 1.42. The van der Waals surface area contributed by atoms with Gasteiger partial charge in [-0.25, -0.2) is 4.79 Å². The van der Waals surface area contributed by atoms with Gasteiger partial charge in [0, 0.05) is 6.54 Å². The minimum Gasteiger partial charge on any atom is -0.497 e. The first kappa shape index (κ1) is 18.9. The average Bonchev–Trinajstić information content (AvgIpc) is 3.00. The number of hydrogen-bond donors (Lipinski definition) is 1. The van der Waals surface area contributed by atoms with E-state index >= 15 is 0 Å². The second-order valence-electron chi connectivity index (χ2n) is 5.29. The van der Waals surface area contributed by atoms with Crippen LogP contribution in [-0.2, 0) is 21.8 Å². The molecule has 7 heteroatoms. The zero-order chi connectivity index (χ0) is 18.2. The summed E-state index contributed by atoms with van der Waals surface area (Å²) in [7, 11) is 2.94. The molecule has 0 unspecified atom stereocenters. The van der Waals surface area contributed by atoms with Crippen molar-refractivity contribution in [2.75, 3.05) is 20.0 Å². The molecular weight excluding hydrogens is 342 g/mol. The van der Waals surface area contributed by atoms with E-state index in [9.17, 15) is 9.59 Å². The molecule has 2 rings (SSSR count). The van der Waals surface area contributed by atoms with Gasteiger partial charge >= 0.3 is 5.97 Å². The summed E-state index contributed by atoms with van der Waals surface area (Å²) in [6.07, 6.45) is 0. The van der Waals surface area contributed by atoms with Crippen LogP contribution in [0.4, 0.5) is 0 Å². The van der Waals surface area contributed by atoms with Crippen molar-refractivity contribution < 1.29 is 23.5 Å². The molecule has 134 valence electrons. The highest BCUT2D eigenvalue weighted by molar-refractivity contribution is 7.99. The fourth-order valence-corrected chi connectivity index (χ4v) is 2.90. The van der Waals surface area contributed by atoms with Crippen LogP contribution in [0.5, 0.6) is 5.75 Å². The lowest BCUT2D eigenvalue weighted by atomic mass is 10.2. The number of hydrogen-bond acceptors (Lipinski definition) is 6. The number of thioether (sulfide) groups is 1. The van der Waals surface area contributed by atoms with Crippen LogP contribution >= 0.6 is 11.8 Å². The third-order valence-corrected chi connectivity index (χ3v) is 4.46. The van der Waals surface area contributed by atoms with Crippen LogP contribution in [0, 0.1) is 6.92 Å². The minimum atomic E-state index is -0.422. The molecule has 0 aliphatic carbocycles. The lowest BCUT2D eigenvalue weighted by molar-refractivity contribution is -0.118. The van der Waals surface area contributed by atoms with Crippen molar-refractivity contribution in [2.45, 2.75) is 19.2 Å². The molecule has 0 fully saturated rings. The summed E-state index contributed by atoms with van der Waals surface area (Å²) in [5.74, 6) is 2.28. The topological polar surface area (TPSA) is 77.8 Å². The van der Waals surface area contributed by atoms with E-state index in [0.29, 0.717) is 35.1 Å². The Bertz CT molecular complexity index is 724. The third kappa shape index (κ3) is 5.56. The molecule has 1 heterocycles. The molecule has 0 spiro atoms. The number of carbonyl (C=O) groups excluding carboxylic acids is 2. The number of carbonyl (C=O) groups is 2. The van der Waals surface area contributed by atoms with Gasteiger partial charge in [-0.2, -0.15) is 0 Å². The zero-order valence-electron chi connectivity index (χ0n) is 14.5. The number of rotatable bonds is 8. The second kappa shape index (κ2) is 9.17. The first-order valence-electron chi connectivity index (χ1n) is 7.68. The highest BCUT2D eigenvalue weighted by Crippen LogP contribution is 2.20. The molecular formula is C18H21NO5S. The number of ether oxygens (including phenoxy) is 2. The Kier molecular flexibility index (Phi) is 6.94. The summed E-state index contributed by atoms with van der Waals surface area (Å²) in [5.41, 5.74) is 1.42. The third-order valence-electron chi connectivity index (χ3n) is 3.50. The molecule has 1 amide bonds. The summed E-state index contributed by atoms with van der Waals surface area (Å²) in [6, 6.07) is 9.19. The van der Waals surface area contributed by atoms with E-state index in [2.05, 4.69) is 10.1 Å². The number of benzene rings is 1. The van der Waals surface area contributed by atoms with Crippen LogP contribution in [0.2, 0.25) is 0 Å². The summed E-state index contributed by atoms with van der Waals surface area (Å²) in [6.45, 7) is 2.18. The van der Waals surface area contributed by atoms with E-state index in [1.165, 1.54) is 18.9 Å². The number of aryl methyl sites for hydroxylation is 1. The Balaban J connectivity index is 1.74. The van der Waals surface area contributed by atoms with E-state index in [-0.39, 0.29) is 5.91 Å². The number of amides is 1. The van der Waals surface area contributed by atoms with Crippen molar-refractivity contribution in [1.82, 2.24) is 5.32 Å². The van der Waals surface area contributed by atoms with Gasteiger partial charge in [-0.1, -0.05) is 12.1 Å². The highest BCUT2D eigenvalue weighted by Gasteiger charge is 2.15. The van der Waals surface area contributed by atoms with Crippen LogP contribution in [-0.4, -0.2) is 31.8 Å². The van der Waals surface area contributed by atoms with Gasteiger partial charge < -0.3 is 19.2 Å². The van der Waals surface area contributed by atoms with Crippen molar-refractivity contribution in [3.8, 4) is 5.75 Å². The van der Waals surface area contributed by atoms with Crippen molar-refractivity contribution in [3.63, 3.8) is 0 Å². The van der Waals surface area contributed by atoms with Crippen molar-refractivity contribution in [1.29, 1.82) is 0 Å². The Morgan fingerprint density at radius 2 is 1.92 bits per heavy atom. The van der Waals surface area contributed by atoms with Gasteiger partial charge in [-0.15, -0.1) is 11.8 Å². The van der Waals surface area contributed by atoms with Gasteiger partial charge in [0.15, 0.2) is 0 Å². The molecule has 1 N–H and O–H groups in total. The first-order valence-corrected chi connectivity index (χ1v) is 8.84. The molecule has 0 saturated heterocycles. The number of methoxy groups -OCH3 is 2. The molecule has 6 nitrogen and oxygen atoms in total. The minimum absolute atomic E-state index is 0.0581. The highest BCUT2D eigenvalue weighted by atomic mass is 32.2. The first-order chi connectivity index (χ1) is 12.0. The van der Waals surface area contributed by atoms with Crippen LogP contribution in [0.15, 0.2) is 34.7 Å². The molecule has 1 aromatic carbocycles. The lowest BCUT2D eigenvalue weighted by Crippen LogP contribution is -2.24. The maximum atomic E-state index is 11.9. The Morgan fingerprint density at radius 1 is 1.20 bits per heavy atom. The Morgan fingerprint density at radius 3 is 2.56 bits per heavy atom. The normalized spacial score (nSPS) is 10.4. The van der Waals surface area contributed by atoms with Gasteiger partial charge in [-0.3, -0.25) is 4.79 Å². The molecule has 0 aliphatic heterocycles. The standard InChI is InChI=1S/C18H21NO5S/c1-12-16(18(21)23-3)8-15(24-12)10-25-11-17(20)19-9-13-4-6-14(22-2)7-5-13/h4-8H,9-11H2,1-3H3,(H,19,20). The van der Waals surface area contributed by atoms with Crippen LogP contribution in [0.1, 0.15) is 27.4 Å². The monoisotopic (exact) mass is 363 g/mol. The molecule has 0 radical (unpaired) electrons. The average molecular weight is 363 g/mol. The molecule has 0 aliphatic rings. The molecule has 2 aromatic rings. The number of furan rings is 1. The lowest BCUT2D eigenvalue weighted by Gasteiger charge is -2.06. The number of nitrogens with one attached hydrogen (secondary N) is 1. The van der Waals surface area contributed by atoms with Crippen molar-refractivity contribution in [2.24, 2.45) is 0 Å². The summed E-state index contributed by atoms with van der Waals surface area (Å²) in [4.78, 5) is 23.4. The number of esters is 1. The maximum Gasteiger partial charge on any atom is 0.341 e. The molecule has 0 bridgehead atoms. The SMILES string of the molecule is COC(=O)c1cc(CSCC(=O)NCc2ccc(OC)cc2)oc1C. The van der Waals surface area contributed by atoms with Crippen LogP contribution in [0.3, 0.4) is 0 Å². The van der Waals surface area contributed by atoms with Crippen LogP contribution < -0.4 is 10.1 Å². The largest absolute Gasteiger partial charge is 0.497 e. The van der Waals surface area contributed by atoms with Gasteiger partial charge in [0.2, 0.25) is 5.91 Å². The molecule has 25 heavy (non-hydrogen) atoms. The van der Waals surface area contributed by atoms with Gasteiger partial charge in [0.25, 0.3) is 0 Å². The predicted octanol–water partition coefficient (Wildman–Crippen LogP) is 2.93. The predicted molar refractivity (Wildman–Crippen MR) is 95.8 cm³/mol. The van der Waals surface area contributed by atoms with E-state index in [4.69, 9.17) is 9.15 Å². The van der Waals surface area contributed by atoms with E-state index in [1.54, 1.807) is 20.1 Å². The van der Waals surface area contributed by atoms with E-state index in [1.807, 2.05) is 24.3 Å². The van der Waals surface area contributed by atoms with Crippen molar-refractivity contribution >= 4 is 23.6 Å². The maximum absolute atomic E-state index is 11.9. The molecule has 0 saturated carbocycles. The zero-order valence-corrected chi connectivity index (χ0v) is 15.3. The second-order valence-corrected chi connectivity index (χ2v) is 6.28. The van der Waals surface area contributed by atoms with Gasteiger partial charge in [-0.05, 0) is 30.7 Å². The van der Waals surface area contributed by atoms with Gasteiger partial charge in [0.1, 0.15) is 22.8 Å². The fourth-order valence-electron chi connectivity index (χ4n) is 2.17. The summed E-state index contributed by atoms with van der Waals surface area (Å²) < 4.78 is 15.3. The van der Waals surface area contributed by atoms with Crippen molar-refractivity contribution in [3.05, 3.63) is 53.0 Å². The summed E-state index contributed by atoms with van der Waals surface area (Å²) in [5, 5.41) is 2.86. The quantitative estimate of drug-likeness (QED) is 0.727. The molecule has 0 atom stereocenters. The Labute approximate surface area is 150 Å². The Hall–Kier alpha value is -2.41. The van der Waals surface area contributed by atoms with Crippen LogP contribution in [0.25, 0.3) is 0 Å².